The summed E-state index contributed by atoms with van der Waals surface area (Å²) in [6.45, 7) is 7.02. The molecule has 26 heavy (non-hydrogen) atoms. The van der Waals surface area contributed by atoms with E-state index in [1.807, 2.05) is 12.1 Å². The molecule has 1 aromatic carbocycles. The minimum atomic E-state index is -0.223. The maximum atomic E-state index is 13.6. The van der Waals surface area contributed by atoms with E-state index < -0.39 is 0 Å². The molecule has 2 unspecified atom stereocenters. The SMILES string of the molecule is CN1CCN(C(=O)C2CCc3cc(Cl)c(Cl)cc32)C(C)(N2CCCC2)C1. The summed E-state index contributed by atoms with van der Waals surface area (Å²) in [6.07, 6.45) is 4.20. The number of nitrogens with zero attached hydrogens (tertiary/aromatic N) is 3. The molecule has 2 fully saturated rings. The Balaban J connectivity index is 1.64. The van der Waals surface area contributed by atoms with Crippen molar-refractivity contribution >= 4 is 29.1 Å². The first-order valence-corrected chi connectivity index (χ1v) is 10.4. The van der Waals surface area contributed by atoms with Crippen molar-refractivity contribution in [1.29, 1.82) is 0 Å². The van der Waals surface area contributed by atoms with E-state index in [-0.39, 0.29) is 17.5 Å². The minimum absolute atomic E-state index is 0.0925. The number of halogens is 2. The van der Waals surface area contributed by atoms with Gasteiger partial charge in [0, 0.05) is 32.7 Å². The van der Waals surface area contributed by atoms with Crippen molar-refractivity contribution in [2.24, 2.45) is 0 Å². The summed E-state index contributed by atoms with van der Waals surface area (Å²) in [7, 11) is 2.16. The highest BCUT2D eigenvalue weighted by molar-refractivity contribution is 6.42. The summed E-state index contributed by atoms with van der Waals surface area (Å²) in [6, 6.07) is 3.86. The number of rotatable bonds is 2. The average molecular weight is 396 g/mol. The van der Waals surface area contributed by atoms with Gasteiger partial charge in [0.15, 0.2) is 0 Å². The number of carbonyl (C=O) groups excluding carboxylic acids is 1. The van der Waals surface area contributed by atoms with Crippen LogP contribution in [0.3, 0.4) is 0 Å². The second-order valence-electron chi connectivity index (χ2n) is 8.20. The Hall–Kier alpha value is -0.810. The molecule has 2 atom stereocenters. The normalized spacial score (nSPS) is 30.0. The van der Waals surface area contributed by atoms with Gasteiger partial charge in [-0.15, -0.1) is 0 Å². The highest BCUT2D eigenvalue weighted by atomic mass is 35.5. The molecule has 6 heteroatoms. The Morgan fingerprint density at radius 2 is 1.81 bits per heavy atom. The molecule has 1 aliphatic carbocycles. The van der Waals surface area contributed by atoms with Crippen LogP contribution in [0.15, 0.2) is 12.1 Å². The molecule has 2 aliphatic heterocycles. The fourth-order valence-electron chi connectivity index (χ4n) is 5.05. The van der Waals surface area contributed by atoms with Crippen molar-refractivity contribution in [2.45, 2.75) is 44.2 Å². The molecule has 1 amide bonds. The zero-order valence-electron chi connectivity index (χ0n) is 15.6. The first-order valence-electron chi connectivity index (χ1n) is 9.63. The van der Waals surface area contributed by atoms with Gasteiger partial charge in [0.25, 0.3) is 0 Å². The number of aryl methyl sites for hydroxylation is 1. The number of fused-ring (bicyclic) bond motifs is 1. The maximum absolute atomic E-state index is 13.6. The van der Waals surface area contributed by atoms with Crippen LogP contribution in [0.25, 0.3) is 0 Å². The van der Waals surface area contributed by atoms with E-state index in [1.54, 1.807) is 0 Å². The summed E-state index contributed by atoms with van der Waals surface area (Å²) in [4.78, 5) is 20.7. The van der Waals surface area contributed by atoms with Crippen LogP contribution in [-0.4, -0.2) is 66.0 Å². The van der Waals surface area contributed by atoms with Crippen molar-refractivity contribution in [3.8, 4) is 0 Å². The van der Waals surface area contributed by atoms with Gasteiger partial charge in [-0.25, -0.2) is 0 Å². The molecule has 0 N–H and O–H groups in total. The summed E-state index contributed by atoms with van der Waals surface area (Å²) in [5.74, 6) is 0.162. The minimum Gasteiger partial charge on any atom is -0.321 e. The van der Waals surface area contributed by atoms with E-state index >= 15 is 0 Å². The van der Waals surface area contributed by atoms with Crippen LogP contribution in [-0.2, 0) is 11.2 Å². The van der Waals surface area contributed by atoms with Crippen molar-refractivity contribution in [3.05, 3.63) is 33.3 Å². The lowest BCUT2D eigenvalue weighted by Gasteiger charge is -2.53. The molecule has 0 radical (unpaired) electrons. The lowest BCUT2D eigenvalue weighted by atomic mass is 9.96. The quantitative estimate of drug-likeness (QED) is 0.764. The Bertz CT molecular complexity index is 719. The van der Waals surface area contributed by atoms with Gasteiger partial charge in [-0.3, -0.25) is 9.69 Å². The summed E-state index contributed by atoms with van der Waals surface area (Å²) >= 11 is 12.4. The molecule has 142 valence electrons. The Morgan fingerprint density at radius 3 is 2.54 bits per heavy atom. The van der Waals surface area contributed by atoms with E-state index in [0.29, 0.717) is 10.0 Å². The third-order valence-electron chi connectivity index (χ3n) is 6.47. The number of benzene rings is 1. The summed E-state index contributed by atoms with van der Waals surface area (Å²) in [5, 5.41) is 1.13. The van der Waals surface area contributed by atoms with Crippen LogP contribution < -0.4 is 0 Å². The third kappa shape index (κ3) is 3.05. The number of amides is 1. The zero-order chi connectivity index (χ0) is 18.5. The van der Waals surface area contributed by atoms with E-state index in [2.05, 4.69) is 28.7 Å². The van der Waals surface area contributed by atoms with Gasteiger partial charge in [0.2, 0.25) is 5.91 Å². The molecule has 0 bridgehead atoms. The monoisotopic (exact) mass is 395 g/mol. The molecule has 1 aromatic rings. The van der Waals surface area contributed by atoms with Crippen LogP contribution in [0, 0.1) is 0 Å². The summed E-state index contributed by atoms with van der Waals surface area (Å²) < 4.78 is 0. The van der Waals surface area contributed by atoms with Gasteiger partial charge < -0.3 is 9.80 Å². The predicted molar refractivity (Wildman–Crippen MR) is 106 cm³/mol. The first kappa shape index (κ1) is 18.5. The standard InChI is InChI=1S/C20H27Cl2N3O/c1-20(24-7-3-4-8-24)13-23(2)9-10-25(20)19(26)15-6-5-14-11-17(21)18(22)12-16(14)15/h11-12,15H,3-10,13H2,1-2H3. The number of likely N-dealkylation sites (tertiary alicyclic amines) is 1. The van der Waals surface area contributed by atoms with E-state index in [0.717, 1.165) is 51.1 Å². The van der Waals surface area contributed by atoms with Crippen LogP contribution in [0.4, 0.5) is 0 Å². The molecule has 0 saturated carbocycles. The van der Waals surface area contributed by atoms with Gasteiger partial charge in [-0.2, -0.15) is 0 Å². The first-order chi connectivity index (χ1) is 12.4. The molecule has 2 saturated heterocycles. The van der Waals surface area contributed by atoms with Gasteiger partial charge in [-0.05, 0) is 62.9 Å². The average Bonchev–Trinajstić information content (AvgIpc) is 3.25. The second kappa shape index (κ2) is 6.97. The van der Waals surface area contributed by atoms with Crippen LogP contribution >= 0.6 is 23.2 Å². The Morgan fingerprint density at radius 1 is 1.12 bits per heavy atom. The fraction of sp³-hybridized carbons (Fsp3) is 0.650. The van der Waals surface area contributed by atoms with Gasteiger partial charge in [-0.1, -0.05) is 23.2 Å². The maximum Gasteiger partial charge on any atom is 0.231 e. The number of hydrogen-bond donors (Lipinski definition) is 0. The van der Waals surface area contributed by atoms with E-state index in [9.17, 15) is 4.79 Å². The second-order valence-corrected chi connectivity index (χ2v) is 9.01. The van der Waals surface area contributed by atoms with Crippen LogP contribution in [0.2, 0.25) is 10.0 Å². The number of piperazine rings is 1. The molecular formula is C20H27Cl2N3O. The largest absolute Gasteiger partial charge is 0.321 e. The number of likely N-dealkylation sites (N-methyl/N-ethyl adjacent to an activating group) is 1. The van der Waals surface area contributed by atoms with Crippen molar-refractivity contribution in [2.75, 3.05) is 39.8 Å². The number of hydrogen-bond acceptors (Lipinski definition) is 3. The third-order valence-corrected chi connectivity index (χ3v) is 7.19. The van der Waals surface area contributed by atoms with Crippen molar-refractivity contribution in [1.82, 2.24) is 14.7 Å². The molecule has 4 rings (SSSR count). The Kier molecular flexibility index (Phi) is 4.98. The fourth-order valence-corrected chi connectivity index (χ4v) is 5.41. The van der Waals surface area contributed by atoms with Crippen molar-refractivity contribution < 1.29 is 4.79 Å². The van der Waals surface area contributed by atoms with Crippen LogP contribution in [0.1, 0.15) is 43.2 Å². The van der Waals surface area contributed by atoms with Crippen molar-refractivity contribution in [3.63, 3.8) is 0 Å². The molecule has 3 aliphatic rings. The Labute approximate surface area is 166 Å². The molecule has 0 aromatic heterocycles. The molecule has 2 heterocycles. The molecular weight excluding hydrogens is 369 g/mol. The van der Waals surface area contributed by atoms with Gasteiger partial charge in [0.1, 0.15) is 5.66 Å². The summed E-state index contributed by atoms with van der Waals surface area (Å²) in [5.41, 5.74) is 2.03. The van der Waals surface area contributed by atoms with Gasteiger partial charge >= 0.3 is 0 Å². The highest BCUT2D eigenvalue weighted by Crippen LogP contribution is 2.41. The van der Waals surface area contributed by atoms with E-state index in [1.165, 1.54) is 18.4 Å². The van der Waals surface area contributed by atoms with Gasteiger partial charge in [0.05, 0.1) is 16.0 Å². The lowest BCUT2D eigenvalue weighted by Crippen LogP contribution is -2.69. The smallest absolute Gasteiger partial charge is 0.231 e. The zero-order valence-corrected chi connectivity index (χ0v) is 17.1. The number of carbonyl (C=O) groups is 1. The lowest BCUT2D eigenvalue weighted by molar-refractivity contribution is -0.155. The van der Waals surface area contributed by atoms with Crippen LogP contribution in [0.5, 0.6) is 0 Å². The topological polar surface area (TPSA) is 26.8 Å². The highest BCUT2D eigenvalue weighted by Gasteiger charge is 2.47. The predicted octanol–water partition coefficient (Wildman–Crippen LogP) is 3.61. The van der Waals surface area contributed by atoms with E-state index in [4.69, 9.17) is 23.2 Å². The molecule has 0 spiro atoms. The molecule has 4 nitrogen and oxygen atoms in total.